The SMILES string of the molecule is CCCCCc1nc(N)c2nc(-c3cccc(F)c3)n(-c3ccc(OC)nc3)c2n1. The number of ether oxygens (including phenoxy) is 1. The second-order valence-corrected chi connectivity index (χ2v) is 6.99. The molecule has 0 radical (unpaired) electrons. The highest BCUT2D eigenvalue weighted by atomic mass is 19.1. The summed E-state index contributed by atoms with van der Waals surface area (Å²) in [5, 5.41) is 0. The highest BCUT2D eigenvalue weighted by Gasteiger charge is 2.20. The number of nitrogens with zero attached hydrogens (tertiary/aromatic N) is 5. The smallest absolute Gasteiger partial charge is 0.213 e. The van der Waals surface area contributed by atoms with Crippen LogP contribution in [0.4, 0.5) is 10.2 Å². The van der Waals surface area contributed by atoms with Crippen molar-refractivity contribution < 1.29 is 9.13 Å². The molecule has 0 aliphatic carbocycles. The van der Waals surface area contributed by atoms with Crippen LogP contribution in [0.2, 0.25) is 0 Å². The zero-order valence-corrected chi connectivity index (χ0v) is 17.0. The van der Waals surface area contributed by atoms with E-state index in [2.05, 4.69) is 21.9 Å². The molecule has 4 rings (SSSR count). The molecular formula is C22H23FN6O. The largest absolute Gasteiger partial charge is 0.481 e. The first-order valence-electron chi connectivity index (χ1n) is 9.92. The average Bonchev–Trinajstić information content (AvgIpc) is 3.14. The van der Waals surface area contributed by atoms with Crippen molar-refractivity contribution in [2.24, 2.45) is 0 Å². The maximum atomic E-state index is 13.9. The number of rotatable bonds is 7. The topological polar surface area (TPSA) is 91.7 Å². The fourth-order valence-corrected chi connectivity index (χ4v) is 3.36. The van der Waals surface area contributed by atoms with E-state index in [0.29, 0.717) is 40.1 Å². The van der Waals surface area contributed by atoms with Crippen molar-refractivity contribution in [1.29, 1.82) is 0 Å². The summed E-state index contributed by atoms with van der Waals surface area (Å²) < 4.78 is 20.9. The summed E-state index contributed by atoms with van der Waals surface area (Å²) in [5.74, 6) is 1.64. The highest BCUT2D eigenvalue weighted by molar-refractivity contribution is 5.87. The Morgan fingerprint density at radius 3 is 2.67 bits per heavy atom. The fraction of sp³-hybridized carbons (Fsp3) is 0.273. The van der Waals surface area contributed by atoms with Gasteiger partial charge in [0.2, 0.25) is 5.88 Å². The first kappa shape index (κ1) is 19.8. The third kappa shape index (κ3) is 3.80. The number of unbranched alkanes of at least 4 members (excludes halogenated alkanes) is 2. The van der Waals surface area contributed by atoms with E-state index in [-0.39, 0.29) is 5.82 Å². The Labute approximate surface area is 173 Å². The number of hydrogen-bond donors (Lipinski definition) is 1. The van der Waals surface area contributed by atoms with Crippen LogP contribution < -0.4 is 10.5 Å². The monoisotopic (exact) mass is 406 g/mol. The van der Waals surface area contributed by atoms with Crippen LogP contribution in [0.5, 0.6) is 5.88 Å². The summed E-state index contributed by atoms with van der Waals surface area (Å²) in [6.07, 6.45) is 5.58. The number of anilines is 1. The molecule has 0 bridgehead atoms. The summed E-state index contributed by atoms with van der Waals surface area (Å²) in [6, 6.07) is 9.87. The van der Waals surface area contributed by atoms with Crippen LogP contribution in [0.3, 0.4) is 0 Å². The molecule has 4 aromatic rings. The lowest BCUT2D eigenvalue weighted by atomic mass is 10.2. The lowest BCUT2D eigenvalue weighted by Gasteiger charge is -2.10. The van der Waals surface area contributed by atoms with E-state index in [4.69, 9.17) is 15.5 Å². The summed E-state index contributed by atoms with van der Waals surface area (Å²) in [7, 11) is 1.56. The Bertz CT molecular complexity index is 1170. The predicted octanol–water partition coefficient (Wildman–Crippen LogP) is 4.34. The molecule has 7 nitrogen and oxygen atoms in total. The molecule has 0 fully saturated rings. The van der Waals surface area contributed by atoms with Crippen LogP contribution in [-0.2, 0) is 6.42 Å². The van der Waals surface area contributed by atoms with Gasteiger partial charge in [0.05, 0.1) is 19.0 Å². The molecule has 154 valence electrons. The normalized spacial score (nSPS) is 11.2. The maximum absolute atomic E-state index is 13.9. The quantitative estimate of drug-likeness (QED) is 0.459. The van der Waals surface area contributed by atoms with Crippen molar-refractivity contribution >= 4 is 17.0 Å². The van der Waals surface area contributed by atoms with Gasteiger partial charge in [-0.25, -0.2) is 24.3 Å². The van der Waals surface area contributed by atoms with Crippen LogP contribution >= 0.6 is 0 Å². The molecule has 2 N–H and O–H groups in total. The van der Waals surface area contributed by atoms with Crippen LogP contribution in [0, 0.1) is 5.82 Å². The van der Waals surface area contributed by atoms with Crippen molar-refractivity contribution in [3.05, 3.63) is 54.2 Å². The van der Waals surface area contributed by atoms with Crippen LogP contribution in [-0.4, -0.2) is 31.6 Å². The van der Waals surface area contributed by atoms with Gasteiger partial charge in [0, 0.05) is 18.1 Å². The molecule has 3 aromatic heterocycles. The molecular weight excluding hydrogens is 383 g/mol. The van der Waals surface area contributed by atoms with Gasteiger partial charge in [0.25, 0.3) is 0 Å². The molecule has 0 aliphatic rings. The first-order chi connectivity index (χ1) is 14.6. The third-order valence-corrected chi connectivity index (χ3v) is 4.86. The molecule has 30 heavy (non-hydrogen) atoms. The first-order valence-corrected chi connectivity index (χ1v) is 9.92. The maximum Gasteiger partial charge on any atom is 0.213 e. The van der Waals surface area contributed by atoms with Crippen molar-refractivity contribution in [3.63, 3.8) is 0 Å². The van der Waals surface area contributed by atoms with Crippen molar-refractivity contribution in [1.82, 2.24) is 24.5 Å². The van der Waals surface area contributed by atoms with E-state index >= 15 is 0 Å². The van der Waals surface area contributed by atoms with Crippen LogP contribution in [0.25, 0.3) is 28.2 Å². The number of methoxy groups -OCH3 is 1. The van der Waals surface area contributed by atoms with Gasteiger partial charge in [0.1, 0.15) is 17.5 Å². The number of aryl methyl sites for hydroxylation is 1. The summed E-state index contributed by atoms with van der Waals surface area (Å²) in [6.45, 7) is 2.15. The molecule has 8 heteroatoms. The third-order valence-electron chi connectivity index (χ3n) is 4.86. The van der Waals surface area contributed by atoms with Gasteiger partial charge in [-0.1, -0.05) is 31.9 Å². The molecule has 0 aliphatic heterocycles. The number of fused-ring (bicyclic) bond motifs is 1. The number of imidazole rings is 1. The second-order valence-electron chi connectivity index (χ2n) is 6.99. The number of nitrogens with two attached hydrogens (primary N) is 1. The van der Waals surface area contributed by atoms with Gasteiger partial charge in [-0.15, -0.1) is 0 Å². The van der Waals surface area contributed by atoms with Crippen molar-refractivity contribution in [2.75, 3.05) is 12.8 Å². The van der Waals surface area contributed by atoms with Crippen LogP contribution in [0.1, 0.15) is 32.0 Å². The molecule has 0 saturated carbocycles. The zero-order chi connectivity index (χ0) is 21.1. The van der Waals surface area contributed by atoms with E-state index in [1.807, 2.05) is 10.6 Å². The van der Waals surface area contributed by atoms with Gasteiger partial charge in [-0.3, -0.25) is 4.57 Å². The molecule has 0 saturated heterocycles. The Balaban J connectivity index is 1.93. The lowest BCUT2D eigenvalue weighted by Crippen LogP contribution is -2.04. The second kappa shape index (κ2) is 8.44. The Morgan fingerprint density at radius 1 is 1.10 bits per heavy atom. The number of hydrogen-bond acceptors (Lipinski definition) is 6. The van der Waals surface area contributed by atoms with E-state index in [0.717, 1.165) is 31.4 Å². The van der Waals surface area contributed by atoms with Gasteiger partial charge in [-0.05, 0) is 24.6 Å². The highest BCUT2D eigenvalue weighted by Crippen LogP contribution is 2.30. The lowest BCUT2D eigenvalue weighted by molar-refractivity contribution is 0.398. The summed E-state index contributed by atoms with van der Waals surface area (Å²) in [5.41, 5.74) is 8.61. The minimum atomic E-state index is -0.349. The van der Waals surface area contributed by atoms with Gasteiger partial charge in [0.15, 0.2) is 17.0 Å². The van der Waals surface area contributed by atoms with Gasteiger partial charge >= 0.3 is 0 Å². The number of halogens is 1. The standard InChI is InChI=1S/C22H23FN6O/c1-3-4-5-9-17-26-20(24)19-22(27-17)29(16-10-11-18(30-2)25-13-16)21(28-19)14-7-6-8-15(23)12-14/h6-8,10-13H,3-5,9H2,1-2H3,(H2,24,26,27). The Morgan fingerprint density at radius 2 is 1.97 bits per heavy atom. The number of aromatic nitrogens is 5. The molecule has 0 atom stereocenters. The van der Waals surface area contributed by atoms with Gasteiger partial charge in [-0.2, -0.15) is 0 Å². The van der Waals surface area contributed by atoms with E-state index in [1.165, 1.54) is 12.1 Å². The predicted molar refractivity (Wildman–Crippen MR) is 114 cm³/mol. The van der Waals surface area contributed by atoms with E-state index < -0.39 is 0 Å². The van der Waals surface area contributed by atoms with Crippen molar-refractivity contribution in [2.45, 2.75) is 32.6 Å². The molecule has 0 amide bonds. The van der Waals surface area contributed by atoms with E-state index in [1.54, 1.807) is 31.5 Å². The zero-order valence-electron chi connectivity index (χ0n) is 17.0. The van der Waals surface area contributed by atoms with Crippen LogP contribution in [0.15, 0.2) is 42.6 Å². The minimum Gasteiger partial charge on any atom is -0.481 e. The fourth-order valence-electron chi connectivity index (χ4n) is 3.36. The Hall–Kier alpha value is -3.55. The molecule has 0 unspecified atom stereocenters. The number of nitrogen functional groups attached to an aromatic ring is 1. The summed E-state index contributed by atoms with van der Waals surface area (Å²) >= 11 is 0. The summed E-state index contributed by atoms with van der Waals surface area (Å²) in [4.78, 5) is 18.2. The van der Waals surface area contributed by atoms with Gasteiger partial charge < -0.3 is 10.5 Å². The Kier molecular flexibility index (Phi) is 5.56. The molecule has 0 spiro atoms. The van der Waals surface area contributed by atoms with Crippen molar-refractivity contribution in [3.8, 4) is 23.0 Å². The number of benzene rings is 1. The van der Waals surface area contributed by atoms with E-state index in [9.17, 15) is 4.39 Å². The number of pyridine rings is 1. The molecule has 1 aromatic carbocycles. The molecule has 3 heterocycles. The average molecular weight is 406 g/mol. The minimum absolute atomic E-state index is 0.310.